The zero-order chi connectivity index (χ0) is 16.0. The van der Waals surface area contributed by atoms with Gasteiger partial charge >= 0.3 is 0 Å². The summed E-state index contributed by atoms with van der Waals surface area (Å²) in [6.45, 7) is 9.43. The van der Waals surface area contributed by atoms with E-state index < -0.39 is 0 Å². The van der Waals surface area contributed by atoms with Gasteiger partial charge in [-0.3, -0.25) is 0 Å². The molecule has 0 aliphatic carbocycles. The molecule has 1 rings (SSSR count). The molecule has 0 aliphatic heterocycles. The van der Waals surface area contributed by atoms with Gasteiger partial charge in [-0.2, -0.15) is 0 Å². The van der Waals surface area contributed by atoms with Crippen LogP contribution in [0.25, 0.3) is 0 Å². The first-order valence-corrected chi connectivity index (χ1v) is 7.41. The SMILES string of the molecule is COc1cc(CNC(C)(C)C)cc(Cl)c1OCC(C)OC. The topological polar surface area (TPSA) is 39.7 Å². The van der Waals surface area contributed by atoms with Crippen LogP contribution in [0.15, 0.2) is 12.1 Å². The molecule has 1 atom stereocenters. The molecule has 21 heavy (non-hydrogen) atoms. The molecule has 0 bridgehead atoms. The van der Waals surface area contributed by atoms with Crippen LogP contribution in [-0.4, -0.2) is 32.5 Å². The summed E-state index contributed by atoms with van der Waals surface area (Å²) < 4.78 is 16.3. The van der Waals surface area contributed by atoms with E-state index >= 15 is 0 Å². The molecule has 0 aliphatic rings. The lowest BCUT2D eigenvalue weighted by molar-refractivity contribution is 0.0706. The van der Waals surface area contributed by atoms with Crippen LogP contribution in [0.5, 0.6) is 11.5 Å². The zero-order valence-corrected chi connectivity index (χ0v) is 14.5. The monoisotopic (exact) mass is 315 g/mol. The van der Waals surface area contributed by atoms with E-state index in [0.717, 1.165) is 5.56 Å². The number of methoxy groups -OCH3 is 2. The number of benzene rings is 1. The molecule has 0 heterocycles. The van der Waals surface area contributed by atoms with Gasteiger partial charge in [-0.25, -0.2) is 0 Å². The van der Waals surface area contributed by atoms with E-state index in [1.54, 1.807) is 14.2 Å². The Morgan fingerprint density at radius 2 is 1.90 bits per heavy atom. The lowest BCUT2D eigenvalue weighted by atomic mass is 10.1. The normalized spacial score (nSPS) is 13.1. The van der Waals surface area contributed by atoms with E-state index in [-0.39, 0.29) is 11.6 Å². The molecule has 120 valence electrons. The number of rotatable bonds is 7. The Bertz CT molecular complexity index is 458. The molecule has 1 unspecified atom stereocenters. The average Bonchev–Trinajstić information content (AvgIpc) is 2.42. The molecule has 1 N–H and O–H groups in total. The third-order valence-corrected chi connectivity index (χ3v) is 3.26. The van der Waals surface area contributed by atoms with E-state index in [9.17, 15) is 0 Å². The van der Waals surface area contributed by atoms with Crippen molar-refractivity contribution in [1.82, 2.24) is 5.32 Å². The van der Waals surface area contributed by atoms with E-state index in [2.05, 4.69) is 26.1 Å². The van der Waals surface area contributed by atoms with Gasteiger partial charge in [0.2, 0.25) is 0 Å². The van der Waals surface area contributed by atoms with Gasteiger partial charge in [-0.15, -0.1) is 0 Å². The molecule has 1 aromatic rings. The largest absolute Gasteiger partial charge is 0.493 e. The Morgan fingerprint density at radius 3 is 2.43 bits per heavy atom. The maximum absolute atomic E-state index is 6.32. The summed E-state index contributed by atoms with van der Waals surface area (Å²) in [4.78, 5) is 0. The highest BCUT2D eigenvalue weighted by molar-refractivity contribution is 6.32. The summed E-state index contributed by atoms with van der Waals surface area (Å²) in [6, 6.07) is 3.84. The second kappa shape index (κ2) is 7.87. The molecule has 0 saturated carbocycles. The highest BCUT2D eigenvalue weighted by atomic mass is 35.5. The van der Waals surface area contributed by atoms with Gasteiger partial charge < -0.3 is 19.5 Å². The number of halogens is 1. The summed E-state index contributed by atoms with van der Waals surface area (Å²) >= 11 is 6.32. The van der Waals surface area contributed by atoms with Gasteiger partial charge in [0.25, 0.3) is 0 Å². The number of hydrogen-bond acceptors (Lipinski definition) is 4. The molecule has 0 spiro atoms. The molecular formula is C16H26ClNO3. The standard InChI is InChI=1S/C16H26ClNO3/c1-11(19-5)10-21-15-13(17)7-12(8-14(15)20-6)9-18-16(2,3)4/h7-8,11,18H,9-10H2,1-6H3. The van der Waals surface area contributed by atoms with E-state index in [0.29, 0.717) is 29.7 Å². The summed E-state index contributed by atoms with van der Waals surface area (Å²) in [5, 5.41) is 3.97. The smallest absolute Gasteiger partial charge is 0.179 e. The predicted molar refractivity (Wildman–Crippen MR) is 86.6 cm³/mol. The first kappa shape index (κ1) is 18.1. The van der Waals surface area contributed by atoms with Crippen LogP contribution < -0.4 is 14.8 Å². The first-order valence-electron chi connectivity index (χ1n) is 7.04. The molecule has 0 amide bonds. The minimum atomic E-state index is -0.00648. The van der Waals surface area contributed by atoms with Crippen LogP contribution in [0.4, 0.5) is 0 Å². The van der Waals surface area contributed by atoms with Crippen molar-refractivity contribution in [3.8, 4) is 11.5 Å². The van der Waals surface area contributed by atoms with Crippen molar-refractivity contribution in [2.75, 3.05) is 20.8 Å². The Kier molecular flexibility index (Phi) is 6.78. The van der Waals surface area contributed by atoms with Gasteiger partial charge in [-0.1, -0.05) is 11.6 Å². The minimum absolute atomic E-state index is 0.00648. The quantitative estimate of drug-likeness (QED) is 0.833. The minimum Gasteiger partial charge on any atom is -0.493 e. The highest BCUT2D eigenvalue weighted by Crippen LogP contribution is 2.36. The van der Waals surface area contributed by atoms with Crippen LogP contribution in [0.2, 0.25) is 5.02 Å². The number of ether oxygens (including phenoxy) is 3. The molecule has 0 fully saturated rings. The average molecular weight is 316 g/mol. The van der Waals surface area contributed by atoms with Crippen LogP contribution in [-0.2, 0) is 11.3 Å². The number of hydrogen-bond donors (Lipinski definition) is 1. The van der Waals surface area contributed by atoms with Gasteiger partial charge in [0.15, 0.2) is 11.5 Å². The first-order chi connectivity index (χ1) is 9.76. The van der Waals surface area contributed by atoms with Crippen LogP contribution in [0.1, 0.15) is 33.3 Å². The van der Waals surface area contributed by atoms with Gasteiger partial charge in [0.1, 0.15) is 6.61 Å². The van der Waals surface area contributed by atoms with Crippen LogP contribution in [0.3, 0.4) is 0 Å². The lowest BCUT2D eigenvalue weighted by Gasteiger charge is -2.21. The zero-order valence-electron chi connectivity index (χ0n) is 13.7. The van der Waals surface area contributed by atoms with Crippen molar-refractivity contribution in [1.29, 1.82) is 0 Å². The third-order valence-electron chi connectivity index (χ3n) is 2.98. The van der Waals surface area contributed by atoms with Gasteiger partial charge in [-0.05, 0) is 45.4 Å². The molecule has 0 aromatic heterocycles. The summed E-state index contributed by atoms with van der Waals surface area (Å²) in [7, 11) is 3.26. The van der Waals surface area contributed by atoms with Crippen molar-refractivity contribution >= 4 is 11.6 Å². The Balaban J connectivity index is 2.86. The summed E-state index contributed by atoms with van der Waals surface area (Å²) in [5.74, 6) is 1.19. The number of nitrogens with one attached hydrogen (secondary N) is 1. The fourth-order valence-corrected chi connectivity index (χ4v) is 1.94. The fourth-order valence-electron chi connectivity index (χ4n) is 1.65. The predicted octanol–water partition coefficient (Wildman–Crippen LogP) is 3.65. The second-order valence-electron chi connectivity index (χ2n) is 6.07. The highest BCUT2D eigenvalue weighted by Gasteiger charge is 2.15. The van der Waals surface area contributed by atoms with Gasteiger partial charge in [0, 0.05) is 19.2 Å². The van der Waals surface area contributed by atoms with Crippen molar-refractivity contribution in [2.24, 2.45) is 0 Å². The molecule has 0 saturated heterocycles. The maximum Gasteiger partial charge on any atom is 0.179 e. The van der Waals surface area contributed by atoms with Crippen molar-refractivity contribution in [3.63, 3.8) is 0 Å². The summed E-state index contributed by atoms with van der Waals surface area (Å²) in [6.07, 6.45) is -0.00648. The Hall–Kier alpha value is -0.970. The van der Waals surface area contributed by atoms with E-state index in [4.69, 9.17) is 25.8 Å². The maximum atomic E-state index is 6.32. The van der Waals surface area contributed by atoms with E-state index in [1.165, 1.54) is 0 Å². The van der Waals surface area contributed by atoms with Crippen LogP contribution >= 0.6 is 11.6 Å². The van der Waals surface area contributed by atoms with Crippen molar-refractivity contribution in [2.45, 2.75) is 45.9 Å². The molecule has 5 heteroatoms. The van der Waals surface area contributed by atoms with E-state index in [1.807, 2.05) is 19.1 Å². The Morgan fingerprint density at radius 1 is 1.24 bits per heavy atom. The molecule has 0 radical (unpaired) electrons. The van der Waals surface area contributed by atoms with Crippen LogP contribution in [0, 0.1) is 0 Å². The van der Waals surface area contributed by atoms with Crippen molar-refractivity contribution in [3.05, 3.63) is 22.7 Å². The fraction of sp³-hybridized carbons (Fsp3) is 0.625. The van der Waals surface area contributed by atoms with Gasteiger partial charge in [0.05, 0.1) is 18.2 Å². The Labute approximate surface area is 132 Å². The molecular weight excluding hydrogens is 290 g/mol. The lowest BCUT2D eigenvalue weighted by Crippen LogP contribution is -2.35. The molecule has 1 aromatic carbocycles. The molecule has 4 nitrogen and oxygen atoms in total. The second-order valence-corrected chi connectivity index (χ2v) is 6.48. The summed E-state index contributed by atoms with van der Waals surface area (Å²) in [5.41, 5.74) is 1.10. The van der Waals surface area contributed by atoms with Crippen molar-refractivity contribution < 1.29 is 14.2 Å². The third kappa shape index (κ3) is 6.12.